The van der Waals surface area contributed by atoms with Crippen molar-refractivity contribution in [3.63, 3.8) is 0 Å². The van der Waals surface area contributed by atoms with E-state index in [4.69, 9.17) is 4.74 Å². The van der Waals surface area contributed by atoms with Crippen LogP contribution >= 0.6 is 15.9 Å². The van der Waals surface area contributed by atoms with Gasteiger partial charge in [-0.1, -0.05) is 34.1 Å². The van der Waals surface area contributed by atoms with E-state index in [0.29, 0.717) is 10.9 Å². The predicted octanol–water partition coefficient (Wildman–Crippen LogP) is 3.58. The molecule has 0 aliphatic rings. The Bertz CT molecular complexity index is 887. The van der Waals surface area contributed by atoms with Crippen molar-refractivity contribution in [3.8, 4) is 0 Å². The normalized spacial score (nSPS) is 10.6. The van der Waals surface area contributed by atoms with E-state index in [1.165, 1.54) is 4.57 Å². The van der Waals surface area contributed by atoms with Gasteiger partial charge in [0.2, 0.25) is 0 Å². The van der Waals surface area contributed by atoms with Crippen molar-refractivity contribution in [2.75, 3.05) is 0 Å². The quantitative estimate of drug-likeness (QED) is 0.673. The lowest BCUT2D eigenvalue weighted by Gasteiger charge is -2.08. The van der Waals surface area contributed by atoms with Crippen LogP contribution in [-0.4, -0.2) is 10.5 Å². The Hall–Kier alpha value is -2.40. The average molecular weight is 358 g/mol. The molecule has 5 heteroatoms. The minimum atomic E-state index is -0.455. The Labute approximate surface area is 135 Å². The van der Waals surface area contributed by atoms with Crippen molar-refractivity contribution in [1.82, 2.24) is 4.57 Å². The van der Waals surface area contributed by atoms with Crippen LogP contribution in [0, 0.1) is 0 Å². The third-order valence-electron chi connectivity index (χ3n) is 3.28. The topological polar surface area (TPSA) is 48.3 Å². The maximum absolute atomic E-state index is 12.3. The van der Waals surface area contributed by atoms with Gasteiger partial charge in [-0.25, -0.2) is 4.79 Å². The molecule has 4 nitrogen and oxygen atoms in total. The number of carbonyl (C=O) groups is 1. The van der Waals surface area contributed by atoms with Crippen LogP contribution in [0.5, 0.6) is 0 Å². The highest BCUT2D eigenvalue weighted by atomic mass is 79.9. The number of pyridine rings is 1. The van der Waals surface area contributed by atoms with Crippen LogP contribution in [0.4, 0.5) is 0 Å². The van der Waals surface area contributed by atoms with Crippen molar-refractivity contribution in [2.24, 2.45) is 0 Å². The lowest BCUT2D eigenvalue weighted by molar-refractivity contribution is 0.0367. The largest absolute Gasteiger partial charge is 0.440 e. The second kappa shape index (κ2) is 6.15. The van der Waals surface area contributed by atoms with Gasteiger partial charge in [-0.3, -0.25) is 9.36 Å². The number of carbonyl (C=O) groups excluding carboxylic acids is 1. The fourth-order valence-electron chi connectivity index (χ4n) is 2.15. The number of nitrogens with zero attached hydrogens (tertiary/aromatic N) is 1. The number of hydrogen-bond donors (Lipinski definition) is 0. The number of hydrogen-bond acceptors (Lipinski definition) is 3. The second-order valence-electron chi connectivity index (χ2n) is 4.75. The van der Waals surface area contributed by atoms with Crippen LogP contribution in [0.25, 0.3) is 10.8 Å². The van der Waals surface area contributed by atoms with Crippen LogP contribution in [0.1, 0.15) is 10.4 Å². The van der Waals surface area contributed by atoms with E-state index < -0.39 is 5.97 Å². The molecule has 0 saturated carbocycles. The molecule has 0 atom stereocenters. The molecule has 0 saturated heterocycles. The summed E-state index contributed by atoms with van der Waals surface area (Å²) in [5.74, 6) is -0.455. The first-order valence-electron chi connectivity index (χ1n) is 6.66. The summed E-state index contributed by atoms with van der Waals surface area (Å²) >= 11 is 3.37. The van der Waals surface area contributed by atoms with E-state index in [-0.39, 0.29) is 12.3 Å². The highest BCUT2D eigenvalue weighted by Gasteiger charge is 2.08. The minimum Gasteiger partial charge on any atom is -0.440 e. The van der Waals surface area contributed by atoms with E-state index in [0.717, 1.165) is 9.86 Å². The summed E-state index contributed by atoms with van der Waals surface area (Å²) in [6, 6.07) is 15.9. The van der Waals surface area contributed by atoms with E-state index in [9.17, 15) is 9.59 Å². The molecule has 1 heterocycles. The summed E-state index contributed by atoms with van der Waals surface area (Å²) in [5.41, 5.74) is 0.270. The Morgan fingerprint density at radius 1 is 1.09 bits per heavy atom. The molecule has 0 aliphatic heterocycles. The summed E-state index contributed by atoms with van der Waals surface area (Å²) in [5, 5.41) is 1.42. The molecule has 0 amide bonds. The van der Waals surface area contributed by atoms with Gasteiger partial charge in [0.25, 0.3) is 5.56 Å². The summed E-state index contributed by atoms with van der Waals surface area (Å²) in [6.45, 7) is -0.113. The molecule has 0 N–H and O–H groups in total. The maximum Gasteiger partial charge on any atom is 0.339 e. The van der Waals surface area contributed by atoms with Gasteiger partial charge in [-0.15, -0.1) is 0 Å². The lowest BCUT2D eigenvalue weighted by atomic mass is 10.2. The third kappa shape index (κ3) is 2.94. The number of aromatic nitrogens is 1. The Balaban J connectivity index is 1.83. The summed E-state index contributed by atoms with van der Waals surface area (Å²) < 4.78 is 7.46. The van der Waals surface area contributed by atoms with Gasteiger partial charge in [-0.2, -0.15) is 0 Å². The molecular weight excluding hydrogens is 346 g/mol. The fourth-order valence-corrected chi connectivity index (χ4v) is 2.53. The monoisotopic (exact) mass is 357 g/mol. The van der Waals surface area contributed by atoms with Gasteiger partial charge < -0.3 is 4.74 Å². The maximum atomic E-state index is 12.3. The number of benzene rings is 2. The molecule has 2 aromatic carbocycles. The van der Waals surface area contributed by atoms with E-state index in [2.05, 4.69) is 15.9 Å². The van der Waals surface area contributed by atoms with Crippen molar-refractivity contribution in [3.05, 3.63) is 81.2 Å². The van der Waals surface area contributed by atoms with Crippen molar-refractivity contribution in [1.29, 1.82) is 0 Å². The average Bonchev–Trinajstić information content (AvgIpc) is 2.54. The zero-order valence-corrected chi connectivity index (χ0v) is 13.1. The van der Waals surface area contributed by atoms with Crippen LogP contribution in [-0.2, 0) is 11.5 Å². The summed E-state index contributed by atoms with van der Waals surface area (Å²) in [6.07, 6.45) is 1.62. The fraction of sp³-hybridized carbons (Fsp3) is 0.0588. The zero-order valence-electron chi connectivity index (χ0n) is 11.5. The van der Waals surface area contributed by atoms with Crippen LogP contribution < -0.4 is 5.56 Å². The second-order valence-corrected chi connectivity index (χ2v) is 5.66. The predicted molar refractivity (Wildman–Crippen MR) is 87.8 cm³/mol. The van der Waals surface area contributed by atoms with Crippen molar-refractivity contribution in [2.45, 2.75) is 6.73 Å². The van der Waals surface area contributed by atoms with Gasteiger partial charge in [0.15, 0.2) is 6.73 Å². The van der Waals surface area contributed by atoms with Gasteiger partial charge in [-0.05, 0) is 41.8 Å². The van der Waals surface area contributed by atoms with Crippen LogP contribution in [0.15, 0.2) is 70.1 Å². The Kier molecular flexibility index (Phi) is 4.06. The molecule has 0 spiro atoms. The van der Waals surface area contributed by atoms with E-state index in [1.807, 2.05) is 24.3 Å². The van der Waals surface area contributed by atoms with E-state index in [1.54, 1.807) is 36.5 Å². The van der Waals surface area contributed by atoms with Crippen LogP contribution in [0.2, 0.25) is 0 Å². The molecular formula is C17H12BrNO3. The number of halogens is 1. The highest BCUT2D eigenvalue weighted by molar-refractivity contribution is 9.10. The number of fused-ring (bicyclic) bond motifs is 1. The molecule has 0 fully saturated rings. The Morgan fingerprint density at radius 3 is 2.64 bits per heavy atom. The SMILES string of the molecule is O=C(OCn1ccc2cc(Br)ccc2c1=O)c1ccccc1. The Morgan fingerprint density at radius 2 is 1.86 bits per heavy atom. The first-order valence-corrected chi connectivity index (χ1v) is 7.45. The lowest BCUT2D eigenvalue weighted by Crippen LogP contribution is -2.22. The van der Waals surface area contributed by atoms with Crippen molar-refractivity contribution >= 4 is 32.7 Å². The van der Waals surface area contributed by atoms with Gasteiger partial charge in [0.1, 0.15) is 0 Å². The highest BCUT2D eigenvalue weighted by Crippen LogP contribution is 2.16. The third-order valence-corrected chi connectivity index (χ3v) is 3.78. The minimum absolute atomic E-state index is 0.113. The molecule has 110 valence electrons. The standard InChI is InChI=1S/C17H12BrNO3/c18-14-6-7-15-13(10-14)8-9-19(16(15)20)11-22-17(21)12-4-2-1-3-5-12/h1-10H,11H2. The first-order chi connectivity index (χ1) is 10.6. The molecule has 1 aromatic heterocycles. The zero-order chi connectivity index (χ0) is 15.5. The molecule has 0 bridgehead atoms. The van der Waals surface area contributed by atoms with Crippen molar-refractivity contribution < 1.29 is 9.53 Å². The number of esters is 1. The van der Waals surface area contributed by atoms with Gasteiger partial charge >= 0.3 is 5.97 Å². The summed E-state index contributed by atoms with van der Waals surface area (Å²) in [7, 11) is 0. The van der Waals surface area contributed by atoms with Gasteiger partial charge in [0, 0.05) is 16.1 Å². The first kappa shape index (κ1) is 14.5. The van der Waals surface area contributed by atoms with Gasteiger partial charge in [0.05, 0.1) is 5.56 Å². The number of rotatable bonds is 3. The molecule has 22 heavy (non-hydrogen) atoms. The molecule has 3 rings (SSSR count). The molecule has 3 aromatic rings. The van der Waals surface area contributed by atoms with E-state index >= 15 is 0 Å². The molecule has 0 aliphatic carbocycles. The summed E-state index contributed by atoms with van der Waals surface area (Å²) in [4.78, 5) is 24.2. The molecule has 0 unspecified atom stereocenters. The number of ether oxygens (including phenoxy) is 1. The van der Waals surface area contributed by atoms with Crippen LogP contribution in [0.3, 0.4) is 0 Å². The smallest absolute Gasteiger partial charge is 0.339 e. The molecule has 0 radical (unpaired) electrons.